The van der Waals surface area contributed by atoms with Crippen LogP contribution in [0.1, 0.15) is 23.2 Å². The lowest BCUT2D eigenvalue weighted by molar-refractivity contribution is -0.137. The number of aromatic nitrogens is 1. The van der Waals surface area contributed by atoms with E-state index in [1.165, 1.54) is 7.11 Å². The molecule has 0 radical (unpaired) electrons. The van der Waals surface area contributed by atoms with Crippen molar-refractivity contribution in [2.75, 3.05) is 13.7 Å². The molecule has 0 unspecified atom stereocenters. The Morgan fingerprint density at radius 2 is 1.80 bits per heavy atom. The molecular weight excluding hydrogens is 446 g/mol. The molecule has 2 aromatic carbocycles. The number of carboxylic acids is 1. The third kappa shape index (κ3) is 5.26. The van der Waals surface area contributed by atoms with Crippen LogP contribution in [0.15, 0.2) is 59.1 Å². The highest BCUT2D eigenvalue weighted by molar-refractivity contribution is 9.10. The summed E-state index contributed by atoms with van der Waals surface area (Å²) >= 11 is 3.47. The molecular formula is C24H24BrNO4. The van der Waals surface area contributed by atoms with Gasteiger partial charge in [-0.15, -0.1) is 0 Å². The smallest absolute Gasteiger partial charge is 0.303 e. The highest BCUT2D eigenvalue weighted by Gasteiger charge is 2.15. The number of benzene rings is 2. The van der Waals surface area contributed by atoms with Gasteiger partial charge in [-0.1, -0.05) is 40.2 Å². The quantitative estimate of drug-likeness (QED) is 0.479. The monoisotopic (exact) mass is 469 g/mol. The van der Waals surface area contributed by atoms with Gasteiger partial charge in [0.25, 0.3) is 0 Å². The van der Waals surface area contributed by atoms with Crippen molar-refractivity contribution in [1.82, 2.24) is 4.57 Å². The number of rotatable bonds is 9. The van der Waals surface area contributed by atoms with Crippen molar-refractivity contribution in [2.45, 2.75) is 26.2 Å². The molecule has 0 spiro atoms. The highest BCUT2D eigenvalue weighted by atomic mass is 79.9. The summed E-state index contributed by atoms with van der Waals surface area (Å²) in [4.78, 5) is 23.1. The van der Waals surface area contributed by atoms with Gasteiger partial charge in [-0.2, -0.15) is 0 Å². The molecule has 3 aromatic rings. The first-order chi connectivity index (χ1) is 14.4. The van der Waals surface area contributed by atoms with Gasteiger partial charge in [-0.3, -0.25) is 9.59 Å². The van der Waals surface area contributed by atoms with Gasteiger partial charge in [0.05, 0.1) is 12.1 Å². The molecule has 156 valence electrons. The summed E-state index contributed by atoms with van der Waals surface area (Å²) in [6.45, 7) is 2.11. The predicted molar refractivity (Wildman–Crippen MR) is 120 cm³/mol. The van der Waals surface area contributed by atoms with E-state index in [-0.39, 0.29) is 18.8 Å². The largest absolute Gasteiger partial charge is 0.481 e. The SMILES string of the molecule is COCC(=O)Cc1ccc(-n2c(CCC(=O)O)ccc2-c2ccc(Br)cc2)c(C)c1. The summed E-state index contributed by atoms with van der Waals surface area (Å²) < 4.78 is 8.03. The summed E-state index contributed by atoms with van der Waals surface area (Å²) in [7, 11) is 1.51. The van der Waals surface area contributed by atoms with Crippen molar-refractivity contribution in [3.05, 3.63) is 75.9 Å². The normalized spacial score (nSPS) is 10.9. The zero-order valence-corrected chi connectivity index (χ0v) is 18.6. The van der Waals surface area contributed by atoms with Crippen LogP contribution in [0.3, 0.4) is 0 Å². The number of hydrogen-bond acceptors (Lipinski definition) is 3. The molecule has 0 amide bonds. The topological polar surface area (TPSA) is 68.5 Å². The van der Waals surface area contributed by atoms with E-state index in [1.54, 1.807) is 0 Å². The number of carbonyl (C=O) groups is 2. The first-order valence-corrected chi connectivity index (χ1v) is 10.5. The lowest BCUT2D eigenvalue weighted by Crippen LogP contribution is -2.11. The van der Waals surface area contributed by atoms with E-state index in [0.29, 0.717) is 12.8 Å². The van der Waals surface area contributed by atoms with E-state index < -0.39 is 5.97 Å². The average Bonchev–Trinajstić information content (AvgIpc) is 3.11. The molecule has 30 heavy (non-hydrogen) atoms. The van der Waals surface area contributed by atoms with E-state index in [9.17, 15) is 9.59 Å². The van der Waals surface area contributed by atoms with Crippen LogP contribution in [-0.4, -0.2) is 35.1 Å². The number of carbonyl (C=O) groups excluding carboxylic acids is 1. The molecule has 0 saturated carbocycles. The van der Waals surface area contributed by atoms with Crippen LogP contribution in [0, 0.1) is 6.92 Å². The molecule has 1 aromatic heterocycles. The van der Waals surface area contributed by atoms with E-state index in [1.807, 2.05) is 61.5 Å². The third-order valence-electron chi connectivity index (χ3n) is 4.91. The van der Waals surface area contributed by atoms with Crippen LogP contribution in [0.4, 0.5) is 0 Å². The second kappa shape index (κ2) is 9.87. The van der Waals surface area contributed by atoms with Gasteiger partial charge in [-0.25, -0.2) is 0 Å². The number of aliphatic carboxylic acids is 1. The summed E-state index contributed by atoms with van der Waals surface area (Å²) in [6, 6.07) is 18.0. The Bertz CT molecular complexity index is 1050. The molecule has 0 aliphatic carbocycles. The molecule has 6 heteroatoms. The second-order valence-corrected chi connectivity index (χ2v) is 8.13. The van der Waals surface area contributed by atoms with Crippen LogP contribution in [0.2, 0.25) is 0 Å². The van der Waals surface area contributed by atoms with E-state index in [4.69, 9.17) is 9.84 Å². The molecule has 0 aliphatic heterocycles. The van der Waals surface area contributed by atoms with E-state index >= 15 is 0 Å². The number of ether oxygens (including phenoxy) is 1. The minimum absolute atomic E-state index is 0.0308. The maximum Gasteiger partial charge on any atom is 0.303 e. The number of halogens is 1. The van der Waals surface area contributed by atoms with Crippen molar-refractivity contribution in [3.8, 4) is 16.9 Å². The number of ketones is 1. The van der Waals surface area contributed by atoms with Crippen LogP contribution in [-0.2, 0) is 27.2 Å². The molecule has 0 bridgehead atoms. The van der Waals surface area contributed by atoms with Crippen LogP contribution >= 0.6 is 15.9 Å². The Morgan fingerprint density at radius 3 is 2.43 bits per heavy atom. The fourth-order valence-corrected chi connectivity index (χ4v) is 3.82. The van der Waals surface area contributed by atoms with Crippen molar-refractivity contribution in [2.24, 2.45) is 0 Å². The van der Waals surface area contributed by atoms with Crippen LogP contribution in [0.25, 0.3) is 16.9 Å². The third-order valence-corrected chi connectivity index (χ3v) is 5.43. The fourth-order valence-electron chi connectivity index (χ4n) is 3.56. The molecule has 0 fully saturated rings. The van der Waals surface area contributed by atoms with Gasteiger partial charge >= 0.3 is 5.97 Å². The maximum atomic E-state index is 11.9. The Labute approximate surface area is 184 Å². The number of carboxylic acid groups (broad SMARTS) is 1. The Hall–Kier alpha value is -2.70. The molecule has 0 atom stereocenters. The summed E-state index contributed by atoms with van der Waals surface area (Å²) in [5.41, 5.74) is 5.89. The fraction of sp³-hybridized carbons (Fsp3) is 0.250. The van der Waals surface area contributed by atoms with Crippen LogP contribution < -0.4 is 0 Å². The minimum atomic E-state index is -0.823. The van der Waals surface area contributed by atoms with E-state index in [0.717, 1.165) is 38.2 Å². The number of methoxy groups -OCH3 is 1. The van der Waals surface area contributed by atoms with Gasteiger partial charge in [0, 0.05) is 29.4 Å². The van der Waals surface area contributed by atoms with Crippen LogP contribution in [0.5, 0.6) is 0 Å². The number of Topliss-reactive ketones (excluding diaryl/α,β-unsaturated/α-hetero) is 1. The average molecular weight is 470 g/mol. The molecule has 3 rings (SSSR count). The van der Waals surface area contributed by atoms with Crippen molar-refractivity contribution >= 4 is 27.7 Å². The number of nitrogens with zero attached hydrogens (tertiary/aromatic N) is 1. The predicted octanol–water partition coefficient (Wildman–Crippen LogP) is 4.99. The number of aryl methyl sites for hydroxylation is 2. The highest BCUT2D eigenvalue weighted by Crippen LogP contribution is 2.30. The molecule has 0 saturated heterocycles. The maximum absolute atomic E-state index is 11.9. The lowest BCUT2D eigenvalue weighted by Gasteiger charge is -2.17. The lowest BCUT2D eigenvalue weighted by atomic mass is 10.0. The standard InChI is InChI=1S/C24H24BrNO4/c1-16-13-17(14-21(27)15-30-2)3-10-22(16)26-20(9-12-24(28)29)8-11-23(26)18-4-6-19(25)7-5-18/h3-8,10-11,13H,9,12,14-15H2,1-2H3,(H,28,29). The van der Waals surface area contributed by atoms with E-state index in [2.05, 4.69) is 20.5 Å². The molecule has 5 nitrogen and oxygen atoms in total. The Morgan fingerprint density at radius 1 is 1.07 bits per heavy atom. The summed E-state index contributed by atoms with van der Waals surface area (Å²) in [6.07, 6.45) is 0.817. The van der Waals surface area contributed by atoms with Crippen molar-refractivity contribution in [3.63, 3.8) is 0 Å². The Balaban J connectivity index is 2.03. The molecule has 1 N–H and O–H groups in total. The van der Waals surface area contributed by atoms with Gasteiger partial charge < -0.3 is 14.4 Å². The zero-order valence-electron chi connectivity index (χ0n) is 17.0. The Kier molecular flexibility index (Phi) is 7.24. The first kappa shape index (κ1) is 22.0. The first-order valence-electron chi connectivity index (χ1n) is 9.68. The van der Waals surface area contributed by atoms with Gasteiger partial charge in [0.15, 0.2) is 5.78 Å². The van der Waals surface area contributed by atoms with Crippen molar-refractivity contribution in [1.29, 1.82) is 0 Å². The zero-order chi connectivity index (χ0) is 21.7. The van der Waals surface area contributed by atoms with Gasteiger partial charge in [0.1, 0.15) is 6.61 Å². The summed E-state index contributed by atoms with van der Waals surface area (Å²) in [5.74, 6) is -0.792. The molecule has 0 aliphatic rings. The van der Waals surface area contributed by atoms with Gasteiger partial charge in [-0.05, 0) is 60.4 Å². The minimum Gasteiger partial charge on any atom is -0.481 e. The van der Waals surface area contributed by atoms with Crippen molar-refractivity contribution < 1.29 is 19.4 Å². The second-order valence-electron chi connectivity index (χ2n) is 7.22. The number of hydrogen-bond donors (Lipinski definition) is 1. The summed E-state index contributed by atoms with van der Waals surface area (Å²) in [5, 5.41) is 9.15. The molecule has 1 heterocycles. The van der Waals surface area contributed by atoms with Gasteiger partial charge in [0.2, 0.25) is 0 Å².